The van der Waals surface area contributed by atoms with Crippen LogP contribution in [-0.4, -0.2) is 11.8 Å². The molecule has 118 valence electrons. The Labute approximate surface area is 148 Å². The number of para-hydroxylation sites is 1. The van der Waals surface area contributed by atoms with E-state index in [9.17, 15) is 5.11 Å². The van der Waals surface area contributed by atoms with E-state index in [-0.39, 0.29) is 17.5 Å². The van der Waals surface area contributed by atoms with Gasteiger partial charge >= 0.3 is 0 Å². The number of ether oxygens (including phenoxy) is 1. The number of phenolic OH excluding ortho intramolecular Hbond substituents is 1. The lowest BCUT2D eigenvalue weighted by atomic mass is 10.1. The molecule has 0 heterocycles. The first kappa shape index (κ1) is 17.4. The van der Waals surface area contributed by atoms with Gasteiger partial charge in [0.1, 0.15) is 0 Å². The Kier molecular flexibility index (Phi) is 5.93. The predicted octanol–water partition coefficient (Wildman–Crippen LogP) is 6.02. The Balaban J connectivity index is 2.13. The van der Waals surface area contributed by atoms with Crippen molar-refractivity contribution in [3.63, 3.8) is 0 Å². The van der Waals surface area contributed by atoms with Crippen LogP contribution in [0.15, 0.2) is 24.3 Å². The molecule has 0 saturated heterocycles. The van der Waals surface area contributed by atoms with Gasteiger partial charge in [-0.05, 0) is 30.2 Å². The Morgan fingerprint density at radius 2 is 1.73 bits per heavy atom. The maximum absolute atomic E-state index is 10.1. The second kappa shape index (κ2) is 7.51. The highest BCUT2D eigenvalue weighted by molar-refractivity contribution is 6.38. The fraction of sp³-hybridized carbons (Fsp3) is 0.200. The van der Waals surface area contributed by atoms with E-state index in [1.54, 1.807) is 24.3 Å². The van der Waals surface area contributed by atoms with E-state index in [0.29, 0.717) is 38.5 Å². The molecule has 2 aromatic rings. The first-order valence-electron chi connectivity index (χ1n) is 6.46. The second-order valence-corrected chi connectivity index (χ2v) is 6.02. The maximum Gasteiger partial charge on any atom is 0.159 e. The molecule has 22 heavy (non-hydrogen) atoms. The Bertz CT molecular complexity index is 671. The third-order valence-electron chi connectivity index (χ3n) is 3.04. The lowest BCUT2D eigenvalue weighted by Gasteiger charge is -2.15. The smallest absolute Gasteiger partial charge is 0.159 e. The zero-order valence-electron chi connectivity index (χ0n) is 11.6. The first-order valence-corrected chi connectivity index (χ1v) is 7.97. The average molecular weight is 381 g/mol. The molecule has 3 nitrogen and oxygen atoms in total. The molecule has 2 N–H and O–H groups in total. The largest absolute Gasteiger partial charge is 0.504 e. The van der Waals surface area contributed by atoms with Crippen molar-refractivity contribution < 1.29 is 9.84 Å². The van der Waals surface area contributed by atoms with E-state index in [1.165, 1.54) is 0 Å². The van der Waals surface area contributed by atoms with Gasteiger partial charge in [0.05, 0.1) is 20.8 Å². The summed E-state index contributed by atoms with van der Waals surface area (Å²) >= 11 is 24.2. The molecular formula is C15H13Cl4NO2. The van der Waals surface area contributed by atoms with Crippen molar-refractivity contribution in [2.24, 2.45) is 0 Å². The van der Waals surface area contributed by atoms with Crippen LogP contribution in [0.1, 0.15) is 12.5 Å². The zero-order chi connectivity index (χ0) is 16.3. The molecule has 0 aromatic heterocycles. The summed E-state index contributed by atoms with van der Waals surface area (Å²) in [6.07, 6.45) is 0.622. The molecule has 7 heteroatoms. The standard InChI is InChI=1S/C15H13Cl4NO2/c1-2-8-11(18)6-12(14(21)13(8)19)20-7-22-15-9(16)4-3-5-10(15)17/h3-6,20-21H,2,7H2,1H3. The number of anilines is 1. The third-order valence-corrected chi connectivity index (χ3v) is 4.38. The van der Waals surface area contributed by atoms with Gasteiger partial charge in [0, 0.05) is 5.02 Å². The third kappa shape index (κ3) is 3.66. The highest BCUT2D eigenvalue weighted by Gasteiger charge is 2.14. The lowest BCUT2D eigenvalue weighted by molar-refractivity contribution is 0.346. The van der Waals surface area contributed by atoms with Gasteiger partial charge in [-0.3, -0.25) is 0 Å². The molecule has 0 radical (unpaired) electrons. The molecule has 2 aromatic carbocycles. The van der Waals surface area contributed by atoms with Crippen LogP contribution in [0.5, 0.6) is 11.5 Å². The molecule has 0 aliphatic carbocycles. The summed E-state index contributed by atoms with van der Waals surface area (Å²) in [5.41, 5.74) is 1.07. The number of rotatable bonds is 5. The monoisotopic (exact) mass is 379 g/mol. The van der Waals surface area contributed by atoms with Crippen LogP contribution in [-0.2, 0) is 6.42 Å². The fourth-order valence-electron chi connectivity index (χ4n) is 1.91. The topological polar surface area (TPSA) is 41.5 Å². The van der Waals surface area contributed by atoms with E-state index in [0.717, 1.165) is 0 Å². The Morgan fingerprint density at radius 1 is 1.09 bits per heavy atom. The molecule has 0 spiro atoms. The van der Waals surface area contributed by atoms with Crippen LogP contribution in [0.25, 0.3) is 0 Å². The maximum atomic E-state index is 10.1. The van der Waals surface area contributed by atoms with E-state index in [4.69, 9.17) is 51.1 Å². The minimum atomic E-state index is -0.0724. The average Bonchev–Trinajstić information content (AvgIpc) is 2.47. The van der Waals surface area contributed by atoms with Crippen LogP contribution in [0.2, 0.25) is 20.1 Å². The van der Waals surface area contributed by atoms with Crippen LogP contribution in [0.4, 0.5) is 5.69 Å². The van der Waals surface area contributed by atoms with Gasteiger partial charge in [-0.1, -0.05) is 59.4 Å². The van der Waals surface area contributed by atoms with Crippen molar-refractivity contribution in [3.8, 4) is 11.5 Å². The van der Waals surface area contributed by atoms with Crippen LogP contribution in [0.3, 0.4) is 0 Å². The summed E-state index contributed by atoms with van der Waals surface area (Å²) in [6, 6.07) is 6.66. The van der Waals surface area contributed by atoms with E-state index in [1.807, 2.05) is 6.92 Å². The number of phenols is 1. The molecule has 0 aliphatic rings. The van der Waals surface area contributed by atoms with E-state index < -0.39 is 0 Å². The van der Waals surface area contributed by atoms with Gasteiger partial charge in [-0.25, -0.2) is 0 Å². The van der Waals surface area contributed by atoms with E-state index >= 15 is 0 Å². The SMILES string of the molecule is CCc1c(Cl)cc(NCOc2c(Cl)cccc2Cl)c(O)c1Cl. The molecule has 0 bridgehead atoms. The molecule has 0 amide bonds. The molecular weight excluding hydrogens is 368 g/mol. The minimum Gasteiger partial charge on any atom is -0.504 e. The molecule has 0 saturated carbocycles. The molecule has 0 atom stereocenters. The molecule has 2 rings (SSSR count). The molecule has 0 fully saturated rings. The Hall–Kier alpha value is -1.00. The number of hydrogen-bond donors (Lipinski definition) is 2. The van der Waals surface area contributed by atoms with Crippen molar-refractivity contribution in [2.75, 3.05) is 12.0 Å². The second-order valence-electron chi connectivity index (χ2n) is 4.42. The summed E-state index contributed by atoms with van der Waals surface area (Å²) < 4.78 is 5.49. The summed E-state index contributed by atoms with van der Waals surface area (Å²) in [4.78, 5) is 0. The van der Waals surface area contributed by atoms with Crippen molar-refractivity contribution in [2.45, 2.75) is 13.3 Å². The number of halogens is 4. The minimum absolute atomic E-state index is 0.0368. The van der Waals surface area contributed by atoms with Crippen molar-refractivity contribution in [3.05, 3.63) is 49.9 Å². The van der Waals surface area contributed by atoms with Gasteiger partial charge < -0.3 is 15.2 Å². The highest BCUT2D eigenvalue weighted by Crippen LogP contribution is 2.39. The highest BCUT2D eigenvalue weighted by atomic mass is 35.5. The predicted molar refractivity (Wildman–Crippen MR) is 93.1 cm³/mol. The normalized spacial score (nSPS) is 10.6. The Morgan fingerprint density at radius 3 is 2.32 bits per heavy atom. The van der Waals surface area contributed by atoms with Gasteiger partial charge in [-0.2, -0.15) is 0 Å². The number of hydrogen-bond acceptors (Lipinski definition) is 3. The van der Waals surface area contributed by atoms with Gasteiger partial charge in [-0.15, -0.1) is 0 Å². The summed E-state index contributed by atoms with van der Waals surface area (Å²) in [5.74, 6) is 0.289. The fourth-order valence-corrected chi connectivity index (χ4v) is 3.14. The molecule has 0 unspecified atom stereocenters. The lowest BCUT2D eigenvalue weighted by Crippen LogP contribution is -2.10. The number of aromatic hydroxyl groups is 1. The summed E-state index contributed by atoms with van der Waals surface area (Å²) in [7, 11) is 0. The summed E-state index contributed by atoms with van der Waals surface area (Å²) in [6.45, 7) is 1.94. The van der Waals surface area contributed by atoms with Crippen molar-refractivity contribution in [1.29, 1.82) is 0 Å². The number of benzene rings is 2. The first-order chi connectivity index (χ1) is 10.5. The van der Waals surface area contributed by atoms with Crippen LogP contribution in [0, 0.1) is 0 Å². The molecule has 0 aliphatic heterocycles. The van der Waals surface area contributed by atoms with Crippen LogP contribution >= 0.6 is 46.4 Å². The van der Waals surface area contributed by atoms with Gasteiger partial charge in [0.15, 0.2) is 18.2 Å². The van der Waals surface area contributed by atoms with Gasteiger partial charge in [0.25, 0.3) is 0 Å². The van der Waals surface area contributed by atoms with Crippen molar-refractivity contribution in [1.82, 2.24) is 0 Å². The quantitative estimate of drug-likeness (QED) is 0.492. The van der Waals surface area contributed by atoms with Gasteiger partial charge in [0.2, 0.25) is 0 Å². The number of nitrogens with one attached hydrogen (secondary N) is 1. The zero-order valence-corrected chi connectivity index (χ0v) is 14.6. The van der Waals surface area contributed by atoms with Crippen LogP contribution < -0.4 is 10.1 Å². The summed E-state index contributed by atoms with van der Waals surface area (Å²) in [5, 5.41) is 14.5. The van der Waals surface area contributed by atoms with Crippen molar-refractivity contribution >= 4 is 52.1 Å². The van der Waals surface area contributed by atoms with E-state index in [2.05, 4.69) is 5.32 Å².